The van der Waals surface area contributed by atoms with Gasteiger partial charge in [-0.05, 0) is 18.6 Å². The van der Waals surface area contributed by atoms with Gasteiger partial charge in [0.2, 0.25) is 0 Å². The van der Waals surface area contributed by atoms with Crippen molar-refractivity contribution in [1.29, 1.82) is 0 Å². The average molecular weight is 302 g/mol. The third-order valence-corrected chi connectivity index (χ3v) is 2.49. The third kappa shape index (κ3) is 6.30. The van der Waals surface area contributed by atoms with E-state index in [1.165, 1.54) is 0 Å². The summed E-state index contributed by atoms with van der Waals surface area (Å²) in [6.45, 7) is 0.188. The van der Waals surface area contributed by atoms with Crippen LogP contribution in [-0.4, -0.2) is 35.2 Å². The second-order valence-electron chi connectivity index (χ2n) is 4.20. The van der Waals surface area contributed by atoms with Gasteiger partial charge in [0.25, 0.3) is 5.78 Å². The van der Waals surface area contributed by atoms with E-state index in [-0.39, 0.29) is 13.2 Å². The molecule has 22 heavy (non-hydrogen) atoms. The molecule has 0 saturated heterocycles. The van der Waals surface area contributed by atoms with Crippen molar-refractivity contribution in [2.24, 2.45) is 0 Å². The number of ketones is 1. The van der Waals surface area contributed by atoms with Gasteiger partial charge in [-0.3, -0.25) is 4.79 Å². The summed E-state index contributed by atoms with van der Waals surface area (Å²) in [5.74, 6) is -1.15. The van der Waals surface area contributed by atoms with Gasteiger partial charge in [0, 0.05) is 18.8 Å². The summed E-state index contributed by atoms with van der Waals surface area (Å²) >= 11 is 0. The molecule has 0 atom stereocenters. The number of Topliss-reactive ketones (excluding diaryl/α,β-unsaturated/α-hetero) is 1. The molecule has 116 valence electrons. The first-order valence-corrected chi connectivity index (χ1v) is 6.77. The monoisotopic (exact) mass is 302 g/mol. The van der Waals surface area contributed by atoms with Gasteiger partial charge in [-0.15, -0.1) is 0 Å². The van der Waals surface area contributed by atoms with E-state index in [9.17, 15) is 9.59 Å². The minimum atomic E-state index is -0.873. The zero-order chi connectivity index (χ0) is 16.2. The molecular formula is C17H18O5. The molecule has 0 unspecified atom stereocenters. The maximum absolute atomic E-state index is 11.7. The van der Waals surface area contributed by atoms with Crippen LogP contribution in [0.3, 0.4) is 0 Å². The van der Waals surface area contributed by atoms with Crippen molar-refractivity contribution < 1.29 is 24.5 Å². The fraction of sp³-hybridized carbons (Fsp3) is 0.176. The lowest BCUT2D eigenvalue weighted by Gasteiger charge is -2.02. The van der Waals surface area contributed by atoms with Crippen LogP contribution in [0.15, 0.2) is 60.7 Å². The second kappa shape index (κ2) is 10.3. The number of aliphatic hydroxyl groups is 2. The van der Waals surface area contributed by atoms with Crippen molar-refractivity contribution in [2.75, 3.05) is 13.2 Å². The number of para-hydroxylation sites is 1. The number of benzene rings is 2. The van der Waals surface area contributed by atoms with Crippen LogP contribution >= 0.6 is 0 Å². The van der Waals surface area contributed by atoms with Gasteiger partial charge < -0.3 is 14.9 Å². The first-order chi connectivity index (χ1) is 10.7. The first kappa shape index (κ1) is 17.6. The quantitative estimate of drug-likeness (QED) is 0.381. The molecular weight excluding hydrogens is 284 g/mol. The Morgan fingerprint density at radius 3 is 1.77 bits per heavy atom. The van der Waals surface area contributed by atoms with Crippen molar-refractivity contribution >= 4 is 11.8 Å². The minimum absolute atomic E-state index is 0.0938. The Kier molecular flexibility index (Phi) is 8.18. The lowest BCUT2D eigenvalue weighted by atomic mass is 10.1. The fourth-order valence-corrected chi connectivity index (χ4v) is 1.42. The molecule has 0 aliphatic carbocycles. The molecule has 0 radical (unpaired) electrons. The number of carbonyl (C=O) groups excluding carboxylic acids is 2. The van der Waals surface area contributed by atoms with E-state index >= 15 is 0 Å². The van der Waals surface area contributed by atoms with Gasteiger partial charge in [-0.25, -0.2) is 4.79 Å². The molecule has 0 heterocycles. The molecule has 5 heteroatoms. The highest BCUT2D eigenvalue weighted by Gasteiger charge is 2.17. The largest absolute Gasteiger partial charge is 0.421 e. The molecule has 0 aliphatic heterocycles. The molecule has 2 aromatic carbocycles. The SMILES string of the molecule is O=C(Oc1ccccc1)C(=O)c1ccccc1.OCCCO. The Morgan fingerprint density at radius 2 is 1.32 bits per heavy atom. The lowest BCUT2D eigenvalue weighted by molar-refractivity contribution is -0.129. The Labute approximate surface area is 128 Å². The maximum atomic E-state index is 11.7. The molecule has 0 amide bonds. The number of aliphatic hydroxyl groups excluding tert-OH is 2. The van der Waals surface area contributed by atoms with Crippen LogP contribution in [0.4, 0.5) is 0 Å². The smallest absolute Gasteiger partial charge is 0.385 e. The molecule has 2 rings (SSSR count). The van der Waals surface area contributed by atoms with Crippen LogP contribution in [0.1, 0.15) is 16.8 Å². The predicted molar refractivity (Wildman–Crippen MR) is 81.6 cm³/mol. The minimum Gasteiger partial charge on any atom is -0.421 e. The van der Waals surface area contributed by atoms with Crippen molar-refractivity contribution in [3.8, 4) is 5.75 Å². The standard InChI is InChI=1S/C14H10O3.C3H8O2/c15-13(11-7-3-1-4-8-11)14(16)17-12-9-5-2-6-10-12;4-2-1-3-5/h1-10H;4-5H,1-3H2. The molecule has 0 spiro atoms. The summed E-state index contributed by atoms with van der Waals surface area (Å²) in [5.41, 5.74) is 0.327. The number of hydrogen-bond acceptors (Lipinski definition) is 5. The van der Waals surface area contributed by atoms with Crippen molar-refractivity contribution in [1.82, 2.24) is 0 Å². The first-order valence-electron chi connectivity index (χ1n) is 6.77. The maximum Gasteiger partial charge on any atom is 0.385 e. The fourth-order valence-electron chi connectivity index (χ4n) is 1.42. The highest BCUT2D eigenvalue weighted by atomic mass is 16.5. The number of esters is 1. The summed E-state index contributed by atoms with van der Waals surface area (Å²) in [4.78, 5) is 23.2. The molecule has 0 saturated carbocycles. The Bertz CT molecular complexity index is 564. The van der Waals surface area contributed by atoms with Crippen molar-refractivity contribution in [3.63, 3.8) is 0 Å². The van der Waals surface area contributed by atoms with Gasteiger partial charge in [0.15, 0.2) is 0 Å². The molecule has 5 nitrogen and oxygen atoms in total. The Morgan fingerprint density at radius 1 is 0.818 bits per heavy atom. The number of hydrogen-bond donors (Lipinski definition) is 2. The van der Waals surface area contributed by atoms with Gasteiger partial charge in [0.1, 0.15) is 5.75 Å². The van der Waals surface area contributed by atoms with Gasteiger partial charge >= 0.3 is 5.97 Å². The highest BCUT2D eigenvalue weighted by Crippen LogP contribution is 2.10. The summed E-state index contributed by atoms with van der Waals surface area (Å²) in [7, 11) is 0. The summed E-state index contributed by atoms with van der Waals surface area (Å²) in [6.07, 6.45) is 0.500. The number of carbonyl (C=O) groups is 2. The van der Waals surface area contributed by atoms with Gasteiger partial charge in [-0.2, -0.15) is 0 Å². The summed E-state index contributed by atoms with van der Waals surface area (Å²) < 4.78 is 4.94. The van der Waals surface area contributed by atoms with E-state index in [0.29, 0.717) is 17.7 Å². The third-order valence-electron chi connectivity index (χ3n) is 2.49. The van der Waals surface area contributed by atoms with E-state index < -0.39 is 11.8 Å². The molecule has 0 bridgehead atoms. The van der Waals surface area contributed by atoms with Crippen LogP contribution < -0.4 is 4.74 Å². The number of rotatable bonds is 5. The van der Waals surface area contributed by atoms with Gasteiger partial charge in [-0.1, -0.05) is 48.5 Å². The lowest BCUT2D eigenvalue weighted by Crippen LogP contribution is -2.20. The Hall–Kier alpha value is -2.50. The van der Waals surface area contributed by atoms with Crippen LogP contribution in [0.25, 0.3) is 0 Å². The highest BCUT2D eigenvalue weighted by molar-refractivity contribution is 6.41. The van der Waals surface area contributed by atoms with Gasteiger partial charge in [0.05, 0.1) is 0 Å². The normalized spacial score (nSPS) is 9.36. The second-order valence-corrected chi connectivity index (χ2v) is 4.20. The van der Waals surface area contributed by atoms with Crippen LogP contribution in [0, 0.1) is 0 Å². The Balaban J connectivity index is 0.000000422. The van der Waals surface area contributed by atoms with Crippen molar-refractivity contribution in [3.05, 3.63) is 66.2 Å². The van der Waals surface area contributed by atoms with E-state index in [1.807, 2.05) is 0 Å². The molecule has 0 fully saturated rings. The zero-order valence-corrected chi connectivity index (χ0v) is 12.0. The van der Waals surface area contributed by atoms with Crippen molar-refractivity contribution in [2.45, 2.75) is 6.42 Å². The van der Waals surface area contributed by atoms with E-state index in [1.54, 1.807) is 60.7 Å². The predicted octanol–water partition coefficient (Wildman–Crippen LogP) is 1.84. The molecule has 2 N–H and O–H groups in total. The van der Waals surface area contributed by atoms with E-state index in [0.717, 1.165) is 0 Å². The average Bonchev–Trinajstić information content (AvgIpc) is 2.57. The zero-order valence-electron chi connectivity index (χ0n) is 12.0. The van der Waals surface area contributed by atoms with E-state index in [4.69, 9.17) is 14.9 Å². The summed E-state index contributed by atoms with van der Waals surface area (Å²) in [5, 5.41) is 15.8. The van der Waals surface area contributed by atoms with Crippen LogP contribution in [0.2, 0.25) is 0 Å². The van der Waals surface area contributed by atoms with Crippen LogP contribution in [0.5, 0.6) is 5.75 Å². The summed E-state index contributed by atoms with van der Waals surface area (Å²) in [6, 6.07) is 16.8. The van der Waals surface area contributed by atoms with Crippen LogP contribution in [-0.2, 0) is 4.79 Å². The van der Waals surface area contributed by atoms with E-state index in [2.05, 4.69) is 0 Å². The molecule has 0 aromatic heterocycles. The number of ether oxygens (including phenoxy) is 1. The topological polar surface area (TPSA) is 83.8 Å². The molecule has 2 aromatic rings. The molecule has 0 aliphatic rings.